The van der Waals surface area contributed by atoms with Crippen LogP contribution in [0.3, 0.4) is 0 Å². The number of likely N-dealkylation sites (N-methyl/N-ethyl adjacent to an activating group) is 1. The predicted molar refractivity (Wildman–Crippen MR) is 141 cm³/mol. The van der Waals surface area contributed by atoms with Gasteiger partial charge in [0.2, 0.25) is 0 Å². The van der Waals surface area contributed by atoms with Crippen molar-refractivity contribution in [2.24, 2.45) is 5.92 Å². The minimum Gasteiger partial charge on any atom is -0.455 e. The maximum Gasteiger partial charge on any atom is 0.309 e. The molecule has 0 radical (unpaired) electrons. The molecule has 194 valence electrons. The van der Waals surface area contributed by atoms with E-state index < -0.39 is 9.84 Å². The van der Waals surface area contributed by atoms with Gasteiger partial charge >= 0.3 is 5.97 Å². The monoisotopic (exact) mass is 531 g/mol. The van der Waals surface area contributed by atoms with Gasteiger partial charge in [-0.2, -0.15) is 0 Å². The smallest absolute Gasteiger partial charge is 0.309 e. The van der Waals surface area contributed by atoms with Crippen LogP contribution in [0.2, 0.25) is 0 Å². The van der Waals surface area contributed by atoms with Crippen molar-refractivity contribution in [3.05, 3.63) is 42.5 Å². The van der Waals surface area contributed by atoms with Gasteiger partial charge in [-0.15, -0.1) is 0 Å². The van der Waals surface area contributed by atoms with E-state index in [1.54, 1.807) is 38.0 Å². The summed E-state index contributed by atoms with van der Waals surface area (Å²) in [7, 11) is -0.0272. The van der Waals surface area contributed by atoms with Crippen LogP contribution >= 0.6 is 11.8 Å². The average Bonchev–Trinajstić information content (AvgIpc) is 2.86. The summed E-state index contributed by atoms with van der Waals surface area (Å²) in [6.07, 6.45) is 3.58. The molecule has 2 heterocycles. The SMILES string of the molecule is CN(C)C(=O)COC(=O)C1CCN(CCCN2c3ccccc3Sc3ccc(S(C)(=O)=O)cc32)CC1. The Bertz CT molecular complexity index is 1220. The largest absolute Gasteiger partial charge is 0.455 e. The standard InChI is InChI=1S/C26H33N3O5S2/c1-27(2)25(30)18-34-26(31)19-11-15-28(16-12-19)13-6-14-29-21-7-4-5-8-23(21)35-24-10-9-20(17-22(24)29)36(3,32)33/h4-5,7-10,17,19H,6,11-16,18H2,1-3H3. The normalized spacial score (nSPS) is 16.2. The number of nitrogens with zero attached hydrogens (tertiary/aromatic N) is 3. The van der Waals surface area contributed by atoms with Gasteiger partial charge in [-0.1, -0.05) is 23.9 Å². The lowest BCUT2D eigenvalue weighted by molar-refractivity contribution is -0.156. The summed E-state index contributed by atoms with van der Waals surface area (Å²) >= 11 is 1.66. The molecule has 36 heavy (non-hydrogen) atoms. The fraction of sp³-hybridized carbons (Fsp3) is 0.462. The van der Waals surface area contributed by atoms with E-state index in [2.05, 4.69) is 21.9 Å². The van der Waals surface area contributed by atoms with Crippen molar-refractivity contribution in [2.75, 3.05) is 58.0 Å². The first kappa shape index (κ1) is 26.5. The lowest BCUT2D eigenvalue weighted by Crippen LogP contribution is -2.39. The van der Waals surface area contributed by atoms with Crippen LogP contribution in [-0.2, 0) is 24.2 Å². The number of sulfone groups is 1. The van der Waals surface area contributed by atoms with E-state index in [0.29, 0.717) is 4.90 Å². The number of carbonyl (C=O) groups excluding carboxylic acids is 2. The van der Waals surface area contributed by atoms with E-state index in [9.17, 15) is 18.0 Å². The second-order valence-electron chi connectivity index (χ2n) is 9.49. The maximum atomic E-state index is 12.3. The van der Waals surface area contributed by atoms with Crippen LogP contribution in [0.4, 0.5) is 11.4 Å². The molecular formula is C26H33N3O5S2. The Hall–Kier alpha value is -2.56. The Morgan fingerprint density at radius 3 is 2.42 bits per heavy atom. The zero-order valence-electron chi connectivity index (χ0n) is 21.0. The molecule has 0 N–H and O–H groups in total. The molecule has 0 aliphatic carbocycles. The first-order chi connectivity index (χ1) is 17.1. The topological polar surface area (TPSA) is 87.2 Å². The maximum absolute atomic E-state index is 12.3. The first-order valence-corrected chi connectivity index (χ1v) is 14.8. The van der Waals surface area contributed by atoms with Crippen LogP contribution in [0.1, 0.15) is 19.3 Å². The van der Waals surface area contributed by atoms with Crippen molar-refractivity contribution in [1.29, 1.82) is 0 Å². The molecular weight excluding hydrogens is 498 g/mol. The van der Waals surface area contributed by atoms with Crippen LogP contribution in [-0.4, -0.2) is 83.2 Å². The van der Waals surface area contributed by atoms with Gasteiger partial charge in [-0.25, -0.2) is 8.42 Å². The summed E-state index contributed by atoms with van der Waals surface area (Å²) in [5, 5.41) is 0. The number of carbonyl (C=O) groups is 2. The molecule has 0 saturated carbocycles. The molecule has 1 fully saturated rings. The van der Waals surface area contributed by atoms with Gasteiger partial charge in [0, 0.05) is 36.7 Å². The van der Waals surface area contributed by atoms with E-state index in [-0.39, 0.29) is 24.4 Å². The molecule has 10 heteroatoms. The van der Waals surface area contributed by atoms with Crippen LogP contribution in [0.25, 0.3) is 0 Å². The minimum absolute atomic E-state index is 0.163. The van der Waals surface area contributed by atoms with Gasteiger partial charge in [0.1, 0.15) is 0 Å². The van der Waals surface area contributed by atoms with Crippen molar-refractivity contribution >= 4 is 44.9 Å². The van der Waals surface area contributed by atoms with Crippen LogP contribution in [0.5, 0.6) is 0 Å². The summed E-state index contributed by atoms with van der Waals surface area (Å²) in [5.41, 5.74) is 2.02. The number of piperidine rings is 1. The highest BCUT2D eigenvalue weighted by Gasteiger charge is 2.28. The second kappa shape index (κ2) is 11.2. The van der Waals surface area contributed by atoms with Crippen LogP contribution in [0, 0.1) is 5.92 Å². The molecule has 0 atom stereocenters. The number of rotatable bonds is 8. The van der Waals surface area contributed by atoms with Gasteiger partial charge in [-0.3, -0.25) is 9.59 Å². The summed E-state index contributed by atoms with van der Waals surface area (Å²) in [6, 6.07) is 13.6. The van der Waals surface area contributed by atoms with Crippen molar-refractivity contribution in [1.82, 2.24) is 9.80 Å². The van der Waals surface area contributed by atoms with Gasteiger partial charge in [0.15, 0.2) is 16.4 Å². The Labute approximate surface area is 217 Å². The zero-order chi connectivity index (χ0) is 25.9. The van der Waals surface area contributed by atoms with Crippen molar-refractivity contribution < 1.29 is 22.7 Å². The molecule has 0 unspecified atom stereocenters. The van der Waals surface area contributed by atoms with E-state index >= 15 is 0 Å². The van der Waals surface area contributed by atoms with E-state index in [1.807, 2.05) is 18.2 Å². The summed E-state index contributed by atoms with van der Waals surface area (Å²) in [6.45, 7) is 3.05. The second-order valence-corrected chi connectivity index (χ2v) is 12.6. The molecule has 2 aliphatic heterocycles. The number of amides is 1. The van der Waals surface area contributed by atoms with Gasteiger partial charge < -0.3 is 19.4 Å². The number of fused-ring (bicyclic) bond motifs is 2. The highest BCUT2D eigenvalue weighted by Crippen LogP contribution is 2.48. The van der Waals surface area contributed by atoms with E-state index in [4.69, 9.17) is 4.74 Å². The number of ether oxygens (including phenoxy) is 1. The molecule has 1 amide bonds. The van der Waals surface area contributed by atoms with Gasteiger partial charge in [0.25, 0.3) is 5.91 Å². The fourth-order valence-electron chi connectivity index (χ4n) is 4.51. The van der Waals surface area contributed by atoms with E-state index in [1.165, 1.54) is 11.2 Å². The Balaban J connectivity index is 1.35. The van der Waals surface area contributed by atoms with E-state index in [0.717, 1.165) is 66.6 Å². The third-order valence-electron chi connectivity index (χ3n) is 6.64. The zero-order valence-corrected chi connectivity index (χ0v) is 22.6. The number of hydrogen-bond donors (Lipinski definition) is 0. The van der Waals surface area contributed by atoms with Crippen LogP contribution in [0.15, 0.2) is 57.2 Å². The molecule has 8 nitrogen and oxygen atoms in total. The first-order valence-electron chi connectivity index (χ1n) is 12.1. The summed E-state index contributed by atoms with van der Waals surface area (Å²) in [4.78, 5) is 32.5. The molecule has 0 bridgehead atoms. The van der Waals surface area contributed by atoms with Crippen molar-refractivity contribution in [2.45, 2.75) is 33.9 Å². The molecule has 4 rings (SSSR count). The highest BCUT2D eigenvalue weighted by atomic mass is 32.2. The Kier molecular flexibility index (Phi) is 8.27. The lowest BCUT2D eigenvalue weighted by atomic mass is 9.97. The van der Waals surface area contributed by atoms with Crippen molar-refractivity contribution in [3.63, 3.8) is 0 Å². The highest BCUT2D eigenvalue weighted by molar-refractivity contribution is 7.99. The van der Waals surface area contributed by atoms with Gasteiger partial charge in [-0.05, 0) is 69.2 Å². The predicted octanol–water partition coefficient (Wildman–Crippen LogP) is 3.43. The molecule has 0 spiro atoms. The molecule has 2 aromatic carbocycles. The molecule has 2 aromatic rings. The van der Waals surface area contributed by atoms with Crippen LogP contribution < -0.4 is 4.90 Å². The fourth-order valence-corrected chi connectivity index (χ4v) is 6.22. The number of benzene rings is 2. The minimum atomic E-state index is -3.30. The third-order valence-corrected chi connectivity index (χ3v) is 8.88. The summed E-state index contributed by atoms with van der Waals surface area (Å²) < 4.78 is 29.6. The Morgan fingerprint density at radius 2 is 1.72 bits per heavy atom. The number of likely N-dealkylation sites (tertiary alicyclic amines) is 1. The number of para-hydroxylation sites is 1. The molecule has 0 aromatic heterocycles. The summed E-state index contributed by atoms with van der Waals surface area (Å²) in [5.74, 6) is -0.669. The lowest BCUT2D eigenvalue weighted by Gasteiger charge is -2.35. The number of anilines is 2. The Morgan fingerprint density at radius 1 is 1.03 bits per heavy atom. The van der Waals surface area contributed by atoms with Gasteiger partial charge in [0.05, 0.1) is 22.2 Å². The number of esters is 1. The average molecular weight is 532 g/mol. The molecule has 2 aliphatic rings. The molecule has 1 saturated heterocycles. The third kappa shape index (κ3) is 6.22. The van der Waals surface area contributed by atoms with Crippen molar-refractivity contribution in [3.8, 4) is 0 Å². The quantitative estimate of drug-likeness (QED) is 0.479. The number of hydrogen-bond acceptors (Lipinski definition) is 8.